The van der Waals surface area contributed by atoms with Crippen molar-refractivity contribution < 1.29 is 0 Å². The third-order valence-electron chi connectivity index (χ3n) is 3.28. The van der Waals surface area contributed by atoms with E-state index < -0.39 is 0 Å². The number of fused-ring (bicyclic) bond motifs is 1. The number of H-pyrrole nitrogens is 1. The van der Waals surface area contributed by atoms with Crippen molar-refractivity contribution in [2.45, 2.75) is 20.8 Å². The van der Waals surface area contributed by atoms with Gasteiger partial charge in [-0.3, -0.25) is 0 Å². The first kappa shape index (κ1) is 11.7. The van der Waals surface area contributed by atoms with Crippen molar-refractivity contribution in [2.24, 2.45) is 0 Å². The van der Waals surface area contributed by atoms with Crippen LogP contribution in [0.15, 0.2) is 24.3 Å². The van der Waals surface area contributed by atoms with E-state index in [-0.39, 0.29) is 0 Å². The summed E-state index contributed by atoms with van der Waals surface area (Å²) in [7, 11) is 0. The molecular formula is C15H16N4. The summed E-state index contributed by atoms with van der Waals surface area (Å²) in [6, 6.07) is 8.01. The highest BCUT2D eigenvalue weighted by molar-refractivity contribution is 5.79. The Morgan fingerprint density at radius 2 is 1.68 bits per heavy atom. The minimum Gasteiger partial charge on any atom is -0.384 e. The van der Waals surface area contributed by atoms with Gasteiger partial charge in [-0.1, -0.05) is 17.7 Å². The lowest BCUT2D eigenvalue weighted by molar-refractivity contribution is 1.24. The van der Waals surface area contributed by atoms with Crippen LogP contribution in [0.3, 0.4) is 0 Å². The highest BCUT2D eigenvalue weighted by Crippen LogP contribution is 2.27. The van der Waals surface area contributed by atoms with E-state index in [4.69, 9.17) is 5.73 Å². The number of hydrogen-bond acceptors (Lipinski definition) is 3. The predicted molar refractivity (Wildman–Crippen MR) is 77.9 cm³/mol. The first-order valence-corrected chi connectivity index (χ1v) is 6.25. The summed E-state index contributed by atoms with van der Waals surface area (Å²) >= 11 is 0. The molecule has 0 amide bonds. The third-order valence-corrected chi connectivity index (χ3v) is 3.28. The van der Waals surface area contributed by atoms with Crippen LogP contribution in [0.4, 0.5) is 5.82 Å². The fourth-order valence-corrected chi connectivity index (χ4v) is 2.58. The molecular weight excluding hydrogens is 236 g/mol. The maximum absolute atomic E-state index is 5.69. The summed E-state index contributed by atoms with van der Waals surface area (Å²) < 4.78 is 0. The normalized spacial score (nSPS) is 11.1. The van der Waals surface area contributed by atoms with Gasteiger partial charge >= 0.3 is 0 Å². The SMILES string of the molecule is Cc1cc(C)c(-c2nc3nc(N)ccc3[nH]2)c(C)c1. The Bertz CT molecular complexity index is 748. The van der Waals surface area contributed by atoms with E-state index in [0.717, 1.165) is 16.9 Å². The number of pyridine rings is 1. The maximum atomic E-state index is 5.69. The van der Waals surface area contributed by atoms with E-state index in [9.17, 15) is 0 Å². The summed E-state index contributed by atoms with van der Waals surface area (Å²) in [5.74, 6) is 1.34. The molecule has 0 unspecified atom stereocenters. The summed E-state index contributed by atoms with van der Waals surface area (Å²) in [5.41, 5.74) is 12.1. The molecule has 0 atom stereocenters. The lowest BCUT2D eigenvalue weighted by Gasteiger charge is -2.08. The fourth-order valence-electron chi connectivity index (χ4n) is 2.58. The number of rotatable bonds is 1. The molecule has 3 aromatic rings. The van der Waals surface area contributed by atoms with Gasteiger partial charge in [0.05, 0.1) is 5.52 Å². The van der Waals surface area contributed by atoms with E-state index in [1.807, 2.05) is 6.07 Å². The van der Waals surface area contributed by atoms with E-state index in [1.165, 1.54) is 16.7 Å². The third kappa shape index (κ3) is 1.95. The van der Waals surface area contributed by atoms with Gasteiger partial charge in [-0.25, -0.2) is 9.97 Å². The molecule has 1 aromatic carbocycles. The van der Waals surface area contributed by atoms with Crippen LogP contribution in [0.25, 0.3) is 22.6 Å². The summed E-state index contributed by atoms with van der Waals surface area (Å²) in [6.07, 6.45) is 0. The Morgan fingerprint density at radius 3 is 2.37 bits per heavy atom. The van der Waals surface area contributed by atoms with Crippen molar-refractivity contribution in [3.63, 3.8) is 0 Å². The molecule has 0 spiro atoms. The highest BCUT2D eigenvalue weighted by Gasteiger charge is 2.11. The molecule has 0 aliphatic heterocycles. The van der Waals surface area contributed by atoms with Crippen LogP contribution in [0, 0.1) is 20.8 Å². The maximum Gasteiger partial charge on any atom is 0.180 e. The summed E-state index contributed by atoms with van der Waals surface area (Å²) in [6.45, 7) is 6.30. The van der Waals surface area contributed by atoms with Crippen LogP contribution in [0.5, 0.6) is 0 Å². The van der Waals surface area contributed by atoms with Gasteiger partial charge in [0, 0.05) is 5.56 Å². The first-order valence-electron chi connectivity index (χ1n) is 6.25. The molecule has 0 fully saturated rings. The van der Waals surface area contributed by atoms with Gasteiger partial charge < -0.3 is 10.7 Å². The molecule has 0 saturated carbocycles. The van der Waals surface area contributed by atoms with Gasteiger partial charge in [0.2, 0.25) is 0 Å². The zero-order chi connectivity index (χ0) is 13.6. The number of aromatic nitrogens is 3. The average Bonchev–Trinajstić information content (AvgIpc) is 2.69. The molecule has 2 heterocycles. The van der Waals surface area contributed by atoms with Gasteiger partial charge in [0.25, 0.3) is 0 Å². The van der Waals surface area contributed by atoms with Crippen LogP contribution in [-0.4, -0.2) is 15.0 Å². The minimum atomic E-state index is 0.489. The quantitative estimate of drug-likeness (QED) is 0.699. The Labute approximate surface area is 111 Å². The number of anilines is 1. The number of nitrogens with one attached hydrogen (secondary N) is 1. The number of aromatic amines is 1. The predicted octanol–water partition coefficient (Wildman–Crippen LogP) is 3.13. The summed E-state index contributed by atoms with van der Waals surface area (Å²) in [5, 5.41) is 0. The molecule has 0 bridgehead atoms. The lowest BCUT2D eigenvalue weighted by atomic mass is 9.99. The molecule has 2 aromatic heterocycles. The number of benzene rings is 1. The zero-order valence-corrected chi connectivity index (χ0v) is 11.3. The van der Waals surface area contributed by atoms with Gasteiger partial charge in [-0.05, 0) is 44.0 Å². The second kappa shape index (κ2) is 4.09. The second-order valence-electron chi connectivity index (χ2n) is 4.97. The molecule has 4 nitrogen and oxygen atoms in total. The van der Waals surface area contributed by atoms with Crippen LogP contribution in [0.2, 0.25) is 0 Å². The van der Waals surface area contributed by atoms with Crippen molar-refractivity contribution in [3.8, 4) is 11.4 Å². The monoisotopic (exact) mass is 252 g/mol. The number of imidazole rings is 1. The first-order chi connectivity index (χ1) is 9.04. The lowest BCUT2D eigenvalue weighted by Crippen LogP contribution is -1.91. The molecule has 3 N–H and O–H groups in total. The van der Waals surface area contributed by atoms with Gasteiger partial charge in [-0.15, -0.1) is 0 Å². The van der Waals surface area contributed by atoms with Crippen LogP contribution < -0.4 is 5.73 Å². The molecule has 96 valence electrons. The fraction of sp³-hybridized carbons (Fsp3) is 0.200. The Balaban J connectivity index is 2.24. The summed E-state index contributed by atoms with van der Waals surface area (Å²) in [4.78, 5) is 12.1. The molecule has 0 radical (unpaired) electrons. The van der Waals surface area contributed by atoms with Crippen molar-refractivity contribution in [3.05, 3.63) is 41.0 Å². The standard InChI is InChI=1S/C15H16N4/c1-8-6-9(2)13(10(3)7-8)15-17-11-4-5-12(16)18-14(11)19-15/h4-7H,1-3H3,(H3,16,17,18,19). The zero-order valence-electron chi connectivity index (χ0n) is 11.3. The number of nitrogen functional groups attached to an aromatic ring is 1. The number of hydrogen-bond donors (Lipinski definition) is 2. The van der Waals surface area contributed by atoms with E-state index in [2.05, 4.69) is 47.9 Å². The Morgan fingerprint density at radius 1 is 1.00 bits per heavy atom. The topological polar surface area (TPSA) is 67.6 Å². The smallest absolute Gasteiger partial charge is 0.180 e. The number of aryl methyl sites for hydroxylation is 3. The average molecular weight is 252 g/mol. The van der Waals surface area contributed by atoms with Crippen LogP contribution >= 0.6 is 0 Å². The van der Waals surface area contributed by atoms with Crippen molar-refractivity contribution in [2.75, 3.05) is 5.73 Å². The molecule has 4 heteroatoms. The Hall–Kier alpha value is -2.36. The van der Waals surface area contributed by atoms with Crippen molar-refractivity contribution in [1.82, 2.24) is 15.0 Å². The Kier molecular flexibility index (Phi) is 2.52. The highest BCUT2D eigenvalue weighted by atomic mass is 15.0. The number of nitrogens with two attached hydrogens (primary N) is 1. The number of nitrogens with zero attached hydrogens (tertiary/aromatic N) is 2. The molecule has 0 aliphatic carbocycles. The molecule has 19 heavy (non-hydrogen) atoms. The van der Waals surface area contributed by atoms with Gasteiger partial charge in [0.15, 0.2) is 5.65 Å². The van der Waals surface area contributed by atoms with E-state index in [1.54, 1.807) is 6.07 Å². The second-order valence-corrected chi connectivity index (χ2v) is 4.97. The molecule has 3 rings (SSSR count). The van der Waals surface area contributed by atoms with Gasteiger partial charge in [0.1, 0.15) is 11.6 Å². The minimum absolute atomic E-state index is 0.489. The van der Waals surface area contributed by atoms with Crippen LogP contribution in [0.1, 0.15) is 16.7 Å². The van der Waals surface area contributed by atoms with Gasteiger partial charge in [-0.2, -0.15) is 0 Å². The van der Waals surface area contributed by atoms with Crippen LogP contribution in [-0.2, 0) is 0 Å². The van der Waals surface area contributed by atoms with E-state index in [0.29, 0.717) is 11.5 Å². The van der Waals surface area contributed by atoms with E-state index >= 15 is 0 Å². The molecule has 0 saturated heterocycles. The van der Waals surface area contributed by atoms with Crippen molar-refractivity contribution >= 4 is 17.0 Å². The van der Waals surface area contributed by atoms with Crippen molar-refractivity contribution in [1.29, 1.82) is 0 Å². The largest absolute Gasteiger partial charge is 0.384 e. The molecule has 0 aliphatic rings.